The van der Waals surface area contributed by atoms with Gasteiger partial charge in [0.25, 0.3) is 0 Å². The third-order valence-electron chi connectivity index (χ3n) is 4.85. The quantitative estimate of drug-likeness (QED) is 0.790. The van der Waals surface area contributed by atoms with E-state index >= 15 is 0 Å². The van der Waals surface area contributed by atoms with Gasteiger partial charge in [-0.15, -0.1) is 0 Å². The summed E-state index contributed by atoms with van der Waals surface area (Å²) in [5.74, 6) is 0.845. The molecule has 1 saturated carbocycles. The number of nitrogens with one attached hydrogen (secondary N) is 1. The Kier molecular flexibility index (Phi) is 6.09. The molecule has 0 bridgehead atoms. The molecule has 0 heterocycles. The summed E-state index contributed by atoms with van der Waals surface area (Å²) in [5, 5.41) is 3.68. The fourth-order valence-electron chi connectivity index (χ4n) is 3.08. The Labute approximate surface area is 113 Å². The van der Waals surface area contributed by atoms with Crippen LogP contribution in [-0.2, 0) is 4.74 Å². The van der Waals surface area contributed by atoms with Crippen LogP contribution in [0.4, 0.5) is 0 Å². The molecule has 0 radical (unpaired) electrons. The number of hydrogen-bond donors (Lipinski definition) is 1. The Morgan fingerprint density at radius 3 is 2.56 bits per heavy atom. The van der Waals surface area contributed by atoms with Crippen molar-refractivity contribution in [3.05, 3.63) is 0 Å². The standard InChI is InChI=1S/C15H32N2O/c1-12-8-7-9-15(10-12,17(4)5)11-16-13(2)14(3)18-6/h12-14,16H,7-11H2,1-6H3. The molecule has 1 aliphatic rings. The van der Waals surface area contributed by atoms with E-state index in [1.165, 1.54) is 25.7 Å². The van der Waals surface area contributed by atoms with E-state index in [-0.39, 0.29) is 6.10 Å². The van der Waals surface area contributed by atoms with Gasteiger partial charge in [-0.1, -0.05) is 19.8 Å². The highest BCUT2D eigenvalue weighted by Gasteiger charge is 2.37. The second-order valence-electron chi connectivity index (χ2n) is 6.43. The number of likely N-dealkylation sites (N-methyl/N-ethyl adjacent to an activating group) is 1. The van der Waals surface area contributed by atoms with Crippen LogP contribution in [-0.4, -0.2) is 50.3 Å². The van der Waals surface area contributed by atoms with Crippen molar-refractivity contribution in [2.75, 3.05) is 27.7 Å². The molecule has 1 fully saturated rings. The first-order valence-electron chi connectivity index (χ1n) is 7.35. The Balaban J connectivity index is 2.58. The summed E-state index contributed by atoms with van der Waals surface area (Å²) in [6, 6.07) is 0.407. The molecular formula is C15H32N2O. The van der Waals surface area contributed by atoms with Crippen LogP contribution in [0.3, 0.4) is 0 Å². The zero-order chi connectivity index (χ0) is 13.8. The van der Waals surface area contributed by atoms with Crippen LogP contribution in [0.5, 0.6) is 0 Å². The summed E-state index contributed by atoms with van der Waals surface area (Å²) in [7, 11) is 6.24. The highest BCUT2D eigenvalue weighted by molar-refractivity contribution is 4.95. The monoisotopic (exact) mass is 256 g/mol. The third-order valence-corrected chi connectivity index (χ3v) is 4.85. The number of methoxy groups -OCH3 is 1. The van der Waals surface area contributed by atoms with Crippen molar-refractivity contribution >= 4 is 0 Å². The van der Waals surface area contributed by atoms with Gasteiger partial charge in [-0.25, -0.2) is 0 Å². The van der Waals surface area contributed by atoms with E-state index < -0.39 is 0 Å². The molecule has 0 spiro atoms. The first kappa shape index (κ1) is 15.9. The van der Waals surface area contributed by atoms with Gasteiger partial charge >= 0.3 is 0 Å². The van der Waals surface area contributed by atoms with E-state index in [4.69, 9.17) is 4.74 Å². The van der Waals surface area contributed by atoms with Crippen LogP contribution < -0.4 is 5.32 Å². The summed E-state index contributed by atoms with van der Waals surface area (Å²) >= 11 is 0. The van der Waals surface area contributed by atoms with Crippen molar-refractivity contribution < 1.29 is 4.74 Å². The molecule has 108 valence electrons. The van der Waals surface area contributed by atoms with Gasteiger partial charge in [0.2, 0.25) is 0 Å². The summed E-state index contributed by atoms with van der Waals surface area (Å²) in [6.45, 7) is 7.80. The Bertz CT molecular complexity index is 245. The average Bonchev–Trinajstić information content (AvgIpc) is 2.34. The third kappa shape index (κ3) is 3.94. The highest BCUT2D eigenvalue weighted by Crippen LogP contribution is 2.35. The lowest BCUT2D eigenvalue weighted by molar-refractivity contribution is 0.0525. The molecule has 3 heteroatoms. The molecular weight excluding hydrogens is 224 g/mol. The second kappa shape index (κ2) is 6.88. The maximum absolute atomic E-state index is 5.39. The molecule has 0 aliphatic heterocycles. The van der Waals surface area contributed by atoms with Crippen molar-refractivity contribution in [3.63, 3.8) is 0 Å². The zero-order valence-electron chi connectivity index (χ0n) is 13.1. The van der Waals surface area contributed by atoms with E-state index in [9.17, 15) is 0 Å². The molecule has 1 rings (SSSR count). The van der Waals surface area contributed by atoms with Gasteiger partial charge in [-0.2, -0.15) is 0 Å². The lowest BCUT2D eigenvalue weighted by Crippen LogP contribution is -2.56. The SMILES string of the molecule is COC(C)C(C)NCC1(N(C)C)CCCC(C)C1. The van der Waals surface area contributed by atoms with Crippen LogP contribution in [0.15, 0.2) is 0 Å². The minimum absolute atomic E-state index is 0.269. The molecule has 4 atom stereocenters. The number of hydrogen-bond acceptors (Lipinski definition) is 3. The van der Waals surface area contributed by atoms with Crippen molar-refractivity contribution in [2.24, 2.45) is 5.92 Å². The summed E-state index contributed by atoms with van der Waals surface area (Å²) in [5.41, 5.74) is 0.333. The molecule has 4 unspecified atom stereocenters. The van der Waals surface area contributed by atoms with Gasteiger partial charge in [0.1, 0.15) is 0 Å². The van der Waals surface area contributed by atoms with Crippen LogP contribution in [0, 0.1) is 5.92 Å². The largest absolute Gasteiger partial charge is 0.380 e. The highest BCUT2D eigenvalue weighted by atomic mass is 16.5. The van der Waals surface area contributed by atoms with Gasteiger partial charge in [0, 0.05) is 25.2 Å². The van der Waals surface area contributed by atoms with Crippen LogP contribution >= 0.6 is 0 Å². The summed E-state index contributed by atoms with van der Waals surface area (Å²) in [4.78, 5) is 2.43. The lowest BCUT2D eigenvalue weighted by atomic mass is 9.75. The summed E-state index contributed by atoms with van der Waals surface area (Å²) in [6.07, 6.45) is 5.63. The molecule has 1 aliphatic carbocycles. The Hall–Kier alpha value is -0.120. The number of ether oxygens (including phenoxy) is 1. The molecule has 0 aromatic heterocycles. The molecule has 3 nitrogen and oxygen atoms in total. The van der Waals surface area contributed by atoms with E-state index in [2.05, 4.69) is 45.1 Å². The Morgan fingerprint density at radius 1 is 1.39 bits per heavy atom. The van der Waals surface area contributed by atoms with Crippen molar-refractivity contribution in [2.45, 2.75) is 64.1 Å². The van der Waals surface area contributed by atoms with E-state index in [1.54, 1.807) is 7.11 Å². The van der Waals surface area contributed by atoms with Crippen molar-refractivity contribution in [1.82, 2.24) is 10.2 Å². The first-order chi connectivity index (χ1) is 8.41. The van der Waals surface area contributed by atoms with Gasteiger partial charge in [0.05, 0.1) is 6.10 Å². The maximum atomic E-state index is 5.39. The van der Waals surface area contributed by atoms with E-state index in [1.807, 2.05) is 0 Å². The average molecular weight is 256 g/mol. The topological polar surface area (TPSA) is 24.5 Å². The van der Waals surface area contributed by atoms with Gasteiger partial charge in [-0.3, -0.25) is 0 Å². The molecule has 0 saturated heterocycles. The minimum atomic E-state index is 0.269. The number of rotatable bonds is 6. The van der Waals surface area contributed by atoms with Crippen LogP contribution in [0.25, 0.3) is 0 Å². The normalized spacial score (nSPS) is 32.5. The lowest BCUT2D eigenvalue weighted by Gasteiger charge is -2.46. The predicted molar refractivity (Wildman–Crippen MR) is 78.0 cm³/mol. The predicted octanol–water partition coefficient (Wildman–Crippen LogP) is 2.51. The van der Waals surface area contributed by atoms with E-state index in [0.29, 0.717) is 11.6 Å². The molecule has 0 aromatic rings. The maximum Gasteiger partial charge on any atom is 0.0693 e. The van der Waals surface area contributed by atoms with Gasteiger partial charge < -0.3 is 15.0 Å². The molecule has 1 N–H and O–H groups in total. The Morgan fingerprint density at radius 2 is 2.06 bits per heavy atom. The number of nitrogens with zero attached hydrogens (tertiary/aromatic N) is 1. The smallest absolute Gasteiger partial charge is 0.0693 e. The summed E-state index contributed by atoms with van der Waals surface area (Å²) < 4.78 is 5.39. The van der Waals surface area contributed by atoms with Gasteiger partial charge in [-0.05, 0) is 46.7 Å². The zero-order valence-corrected chi connectivity index (χ0v) is 13.1. The fourth-order valence-corrected chi connectivity index (χ4v) is 3.08. The van der Waals surface area contributed by atoms with Gasteiger partial charge in [0.15, 0.2) is 0 Å². The molecule has 0 amide bonds. The minimum Gasteiger partial charge on any atom is -0.380 e. The van der Waals surface area contributed by atoms with Crippen molar-refractivity contribution in [3.8, 4) is 0 Å². The van der Waals surface area contributed by atoms with Crippen molar-refractivity contribution in [1.29, 1.82) is 0 Å². The fraction of sp³-hybridized carbons (Fsp3) is 1.00. The van der Waals surface area contributed by atoms with E-state index in [0.717, 1.165) is 12.5 Å². The van der Waals surface area contributed by atoms with Crippen LogP contribution in [0.1, 0.15) is 46.5 Å². The first-order valence-corrected chi connectivity index (χ1v) is 7.35. The molecule has 0 aromatic carbocycles. The van der Waals surface area contributed by atoms with Crippen LogP contribution in [0.2, 0.25) is 0 Å². The second-order valence-corrected chi connectivity index (χ2v) is 6.43. The molecule has 18 heavy (non-hydrogen) atoms.